The minimum Gasteiger partial charge on any atom is -0.309 e. The minimum atomic E-state index is -0.486. The van der Waals surface area contributed by atoms with Crippen LogP contribution in [0.5, 0.6) is 0 Å². The van der Waals surface area contributed by atoms with Crippen LogP contribution < -0.4 is 5.32 Å². The molecule has 3 heterocycles. The first-order valence-electron chi connectivity index (χ1n) is 9.38. The molecule has 0 atom stereocenters. The molecule has 3 aromatic rings. The third kappa shape index (κ3) is 4.03. The lowest BCUT2D eigenvalue weighted by Gasteiger charge is -2.12. The van der Waals surface area contributed by atoms with Crippen molar-refractivity contribution >= 4 is 11.7 Å². The number of nitrogens with zero attached hydrogens (tertiary/aromatic N) is 4. The van der Waals surface area contributed by atoms with Gasteiger partial charge in [0.05, 0.1) is 18.1 Å². The van der Waals surface area contributed by atoms with Gasteiger partial charge in [-0.25, -0.2) is 14.4 Å². The first-order chi connectivity index (χ1) is 13.7. The maximum atomic E-state index is 14.3. The van der Waals surface area contributed by atoms with E-state index in [2.05, 4.69) is 25.3 Å². The summed E-state index contributed by atoms with van der Waals surface area (Å²) < 4.78 is 14.3. The van der Waals surface area contributed by atoms with Crippen molar-refractivity contribution < 1.29 is 9.18 Å². The Morgan fingerprint density at radius 2 is 1.89 bits per heavy atom. The van der Waals surface area contributed by atoms with Crippen molar-refractivity contribution in [2.24, 2.45) is 5.92 Å². The van der Waals surface area contributed by atoms with Crippen LogP contribution in [0.4, 0.5) is 10.2 Å². The van der Waals surface area contributed by atoms with Gasteiger partial charge in [0.15, 0.2) is 11.6 Å². The molecule has 1 fully saturated rings. The second-order valence-corrected chi connectivity index (χ2v) is 6.95. The van der Waals surface area contributed by atoms with Gasteiger partial charge in [-0.3, -0.25) is 14.8 Å². The maximum absolute atomic E-state index is 14.3. The predicted molar refractivity (Wildman–Crippen MR) is 104 cm³/mol. The molecule has 1 N–H and O–H groups in total. The Labute approximate surface area is 162 Å². The summed E-state index contributed by atoms with van der Waals surface area (Å²) in [5.41, 5.74) is 1.82. The van der Waals surface area contributed by atoms with Crippen molar-refractivity contribution in [2.75, 3.05) is 5.32 Å². The molecule has 142 valence electrons. The summed E-state index contributed by atoms with van der Waals surface area (Å²) >= 11 is 0. The number of carbonyl (C=O) groups is 1. The van der Waals surface area contributed by atoms with Gasteiger partial charge in [0.2, 0.25) is 5.91 Å². The van der Waals surface area contributed by atoms with E-state index in [1.165, 1.54) is 25.2 Å². The zero-order valence-corrected chi connectivity index (χ0v) is 15.3. The van der Waals surface area contributed by atoms with Crippen molar-refractivity contribution in [3.05, 3.63) is 55.0 Å². The molecule has 0 aliphatic heterocycles. The molecule has 0 spiro atoms. The van der Waals surface area contributed by atoms with Crippen LogP contribution in [0.3, 0.4) is 0 Å². The molecule has 0 saturated heterocycles. The Kier molecular flexibility index (Phi) is 5.32. The Morgan fingerprint density at radius 3 is 2.64 bits per heavy atom. The maximum Gasteiger partial charge on any atom is 0.225 e. The number of pyridine rings is 2. The molecule has 4 rings (SSSR count). The van der Waals surface area contributed by atoms with Crippen molar-refractivity contribution in [1.29, 1.82) is 0 Å². The van der Waals surface area contributed by atoms with E-state index in [9.17, 15) is 9.18 Å². The lowest BCUT2D eigenvalue weighted by Crippen LogP contribution is -2.16. The molecule has 1 aliphatic rings. The monoisotopic (exact) mass is 377 g/mol. The van der Waals surface area contributed by atoms with Gasteiger partial charge in [0.25, 0.3) is 0 Å². The highest BCUT2D eigenvalue weighted by Crippen LogP contribution is 2.31. The number of halogens is 1. The number of rotatable bonds is 5. The molecule has 0 aromatic carbocycles. The van der Waals surface area contributed by atoms with Gasteiger partial charge in [-0.1, -0.05) is 12.8 Å². The van der Waals surface area contributed by atoms with Crippen molar-refractivity contribution in [3.8, 4) is 22.5 Å². The summed E-state index contributed by atoms with van der Waals surface area (Å²) in [7, 11) is 0. The van der Waals surface area contributed by atoms with E-state index in [0.717, 1.165) is 19.0 Å². The molecule has 1 amide bonds. The lowest BCUT2D eigenvalue weighted by molar-refractivity contribution is -0.117. The number of aromatic nitrogens is 4. The summed E-state index contributed by atoms with van der Waals surface area (Å²) in [6.45, 7) is 0. The van der Waals surface area contributed by atoms with Crippen LogP contribution in [0.15, 0.2) is 49.2 Å². The van der Waals surface area contributed by atoms with E-state index < -0.39 is 5.82 Å². The van der Waals surface area contributed by atoms with Crippen LogP contribution >= 0.6 is 0 Å². The highest BCUT2D eigenvalue weighted by atomic mass is 19.1. The fourth-order valence-electron chi connectivity index (χ4n) is 3.59. The second kappa shape index (κ2) is 8.21. The zero-order chi connectivity index (χ0) is 19.3. The van der Waals surface area contributed by atoms with E-state index >= 15 is 0 Å². The number of hydrogen-bond acceptors (Lipinski definition) is 5. The van der Waals surface area contributed by atoms with Gasteiger partial charge in [0, 0.05) is 36.1 Å². The van der Waals surface area contributed by atoms with E-state index in [4.69, 9.17) is 0 Å². The highest BCUT2D eigenvalue weighted by molar-refractivity contribution is 5.90. The number of nitrogens with one attached hydrogen (secondary N) is 1. The van der Waals surface area contributed by atoms with Crippen LogP contribution in [0.1, 0.15) is 32.1 Å². The van der Waals surface area contributed by atoms with E-state index in [1.807, 2.05) is 6.07 Å². The van der Waals surface area contributed by atoms with Gasteiger partial charge in [-0.15, -0.1) is 0 Å². The molecule has 0 radical (unpaired) electrons. The lowest BCUT2D eigenvalue weighted by atomic mass is 10.0. The van der Waals surface area contributed by atoms with Gasteiger partial charge >= 0.3 is 0 Å². The standard InChI is InChI=1S/C21H20FN5O/c22-17-12-24-9-7-16(17)21-20(15-6-3-8-23-11-15)27-18(13-25-21)26-19(28)10-14-4-1-2-5-14/h3,6-9,11-14H,1-2,4-5,10H2,(H,26,27,28). The van der Waals surface area contributed by atoms with Crippen LogP contribution in [0.2, 0.25) is 0 Å². The number of hydrogen-bond donors (Lipinski definition) is 1. The molecule has 0 unspecified atom stereocenters. The van der Waals surface area contributed by atoms with Crippen LogP contribution in [-0.4, -0.2) is 25.8 Å². The summed E-state index contributed by atoms with van der Waals surface area (Å²) in [5.74, 6) is 0.233. The second-order valence-electron chi connectivity index (χ2n) is 6.95. The third-order valence-corrected chi connectivity index (χ3v) is 4.95. The highest BCUT2D eigenvalue weighted by Gasteiger charge is 2.20. The number of carbonyl (C=O) groups excluding carboxylic acids is 1. The fourth-order valence-corrected chi connectivity index (χ4v) is 3.59. The summed E-state index contributed by atoms with van der Waals surface area (Å²) in [5, 5.41) is 2.83. The minimum absolute atomic E-state index is 0.0684. The molecule has 7 heteroatoms. The zero-order valence-electron chi connectivity index (χ0n) is 15.3. The van der Waals surface area contributed by atoms with Crippen molar-refractivity contribution in [1.82, 2.24) is 19.9 Å². The molecular weight excluding hydrogens is 357 g/mol. The topological polar surface area (TPSA) is 80.7 Å². The summed E-state index contributed by atoms with van der Waals surface area (Å²) in [4.78, 5) is 29.2. The first kappa shape index (κ1) is 18.2. The van der Waals surface area contributed by atoms with Gasteiger partial charge in [-0.2, -0.15) is 0 Å². The molecule has 1 aliphatic carbocycles. The third-order valence-electron chi connectivity index (χ3n) is 4.95. The Morgan fingerprint density at radius 1 is 1.07 bits per heavy atom. The molecule has 1 saturated carbocycles. The van der Waals surface area contributed by atoms with E-state index in [-0.39, 0.29) is 5.91 Å². The SMILES string of the molecule is O=C(CC1CCCC1)Nc1cnc(-c2ccncc2F)c(-c2cccnc2)n1. The largest absolute Gasteiger partial charge is 0.309 e. The molecule has 0 bridgehead atoms. The Balaban J connectivity index is 1.67. The van der Waals surface area contributed by atoms with E-state index in [1.54, 1.807) is 24.5 Å². The number of anilines is 1. The smallest absolute Gasteiger partial charge is 0.225 e. The van der Waals surface area contributed by atoms with E-state index in [0.29, 0.717) is 40.7 Å². The average molecular weight is 377 g/mol. The molecule has 6 nitrogen and oxygen atoms in total. The molecule has 28 heavy (non-hydrogen) atoms. The summed E-state index contributed by atoms with van der Waals surface area (Å²) in [6.07, 6.45) is 12.5. The quantitative estimate of drug-likeness (QED) is 0.719. The normalized spacial score (nSPS) is 14.2. The first-order valence-corrected chi connectivity index (χ1v) is 9.38. The Bertz CT molecular complexity index is 974. The van der Waals surface area contributed by atoms with Crippen LogP contribution in [-0.2, 0) is 4.79 Å². The average Bonchev–Trinajstić information content (AvgIpc) is 3.22. The number of amides is 1. The van der Waals surface area contributed by atoms with Gasteiger partial charge < -0.3 is 5.32 Å². The fraction of sp³-hybridized carbons (Fsp3) is 0.286. The van der Waals surface area contributed by atoms with Gasteiger partial charge in [0.1, 0.15) is 5.69 Å². The van der Waals surface area contributed by atoms with Crippen molar-refractivity contribution in [2.45, 2.75) is 32.1 Å². The van der Waals surface area contributed by atoms with Gasteiger partial charge in [-0.05, 0) is 37.0 Å². The summed E-state index contributed by atoms with van der Waals surface area (Å²) in [6, 6.07) is 5.15. The predicted octanol–water partition coefficient (Wildman–Crippen LogP) is 4.26. The van der Waals surface area contributed by atoms with Crippen molar-refractivity contribution in [3.63, 3.8) is 0 Å². The molecule has 3 aromatic heterocycles. The Hall–Kier alpha value is -3.22. The molecular formula is C21H20FN5O. The van der Waals surface area contributed by atoms with Crippen LogP contribution in [0.25, 0.3) is 22.5 Å². The van der Waals surface area contributed by atoms with Crippen LogP contribution in [0, 0.1) is 11.7 Å².